The molecule has 0 radical (unpaired) electrons. The topological polar surface area (TPSA) is 76.2 Å². The highest BCUT2D eigenvalue weighted by Gasteiger charge is 2.04. The SMILES string of the molecule is C/C(=N\Nc1nc2ccccc2o1)c1ccncn1. The van der Waals surface area contributed by atoms with Crippen LogP contribution in [0.1, 0.15) is 12.6 Å². The summed E-state index contributed by atoms with van der Waals surface area (Å²) in [4.78, 5) is 12.2. The number of nitrogens with zero attached hydrogens (tertiary/aromatic N) is 4. The summed E-state index contributed by atoms with van der Waals surface area (Å²) in [5.41, 5.74) is 5.77. The predicted molar refractivity (Wildman–Crippen MR) is 71.9 cm³/mol. The minimum atomic E-state index is 0.356. The fourth-order valence-electron chi connectivity index (χ4n) is 1.61. The second kappa shape index (κ2) is 4.85. The van der Waals surface area contributed by atoms with E-state index in [0.717, 1.165) is 22.5 Å². The highest BCUT2D eigenvalue weighted by Crippen LogP contribution is 2.17. The van der Waals surface area contributed by atoms with E-state index in [1.807, 2.05) is 31.2 Å². The Hall–Kier alpha value is -2.76. The van der Waals surface area contributed by atoms with Crippen molar-refractivity contribution in [2.45, 2.75) is 6.92 Å². The van der Waals surface area contributed by atoms with E-state index < -0.39 is 0 Å². The van der Waals surface area contributed by atoms with Gasteiger partial charge in [-0.3, -0.25) is 0 Å². The van der Waals surface area contributed by atoms with Crippen molar-refractivity contribution in [2.75, 3.05) is 5.43 Å². The van der Waals surface area contributed by atoms with Crippen molar-refractivity contribution in [2.24, 2.45) is 5.10 Å². The van der Waals surface area contributed by atoms with Gasteiger partial charge in [-0.05, 0) is 25.1 Å². The maximum absolute atomic E-state index is 5.49. The van der Waals surface area contributed by atoms with Crippen LogP contribution in [0.2, 0.25) is 0 Å². The van der Waals surface area contributed by atoms with E-state index in [9.17, 15) is 0 Å². The third-order valence-corrected chi connectivity index (χ3v) is 2.57. The summed E-state index contributed by atoms with van der Waals surface area (Å²) in [5, 5.41) is 4.18. The maximum Gasteiger partial charge on any atom is 0.316 e. The van der Waals surface area contributed by atoms with Crippen molar-refractivity contribution in [3.05, 3.63) is 48.5 Å². The number of anilines is 1. The summed E-state index contributed by atoms with van der Waals surface area (Å²) < 4.78 is 5.49. The quantitative estimate of drug-likeness (QED) is 0.573. The summed E-state index contributed by atoms with van der Waals surface area (Å²) in [6.07, 6.45) is 3.15. The van der Waals surface area contributed by atoms with E-state index in [4.69, 9.17) is 4.42 Å². The molecule has 0 bridgehead atoms. The van der Waals surface area contributed by atoms with Crippen LogP contribution in [0, 0.1) is 0 Å². The highest BCUT2D eigenvalue weighted by atomic mass is 16.4. The van der Waals surface area contributed by atoms with Gasteiger partial charge in [-0.15, -0.1) is 0 Å². The van der Waals surface area contributed by atoms with Crippen molar-refractivity contribution in [1.82, 2.24) is 15.0 Å². The largest absolute Gasteiger partial charge is 0.422 e. The first kappa shape index (κ1) is 11.3. The average molecular weight is 253 g/mol. The molecule has 1 aromatic carbocycles. The average Bonchev–Trinajstić information content (AvgIpc) is 2.88. The van der Waals surface area contributed by atoms with Crippen LogP contribution in [0.4, 0.5) is 6.01 Å². The number of hydrogen-bond acceptors (Lipinski definition) is 6. The van der Waals surface area contributed by atoms with Crippen LogP contribution in [-0.2, 0) is 0 Å². The van der Waals surface area contributed by atoms with Crippen LogP contribution in [0.15, 0.2) is 52.4 Å². The van der Waals surface area contributed by atoms with Gasteiger partial charge in [-0.25, -0.2) is 15.4 Å². The van der Waals surface area contributed by atoms with Crippen LogP contribution in [-0.4, -0.2) is 20.7 Å². The number of para-hydroxylation sites is 2. The third kappa shape index (κ3) is 2.42. The standard InChI is InChI=1S/C13H11N5O/c1-9(10-6-7-14-8-15-10)17-18-13-16-11-4-2-3-5-12(11)19-13/h2-8H,1H3,(H,16,18)/b17-9+. The number of fused-ring (bicyclic) bond motifs is 1. The van der Waals surface area contributed by atoms with Crippen LogP contribution >= 0.6 is 0 Å². The normalized spacial score (nSPS) is 11.7. The van der Waals surface area contributed by atoms with Crippen molar-refractivity contribution >= 4 is 22.8 Å². The number of aromatic nitrogens is 3. The minimum Gasteiger partial charge on any atom is -0.422 e. The Labute approximate surface area is 109 Å². The fraction of sp³-hybridized carbons (Fsp3) is 0.0769. The first-order valence-electron chi connectivity index (χ1n) is 5.75. The van der Waals surface area contributed by atoms with Gasteiger partial charge in [-0.1, -0.05) is 12.1 Å². The summed E-state index contributed by atoms with van der Waals surface area (Å²) >= 11 is 0. The first-order chi connectivity index (χ1) is 9.33. The Bertz CT molecular complexity index is 687. The molecule has 0 aliphatic heterocycles. The second-order valence-corrected chi connectivity index (χ2v) is 3.89. The lowest BCUT2D eigenvalue weighted by Crippen LogP contribution is -2.02. The predicted octanol–water partition coefficient (Wildman–Crippen LogP) is 2.45. The van der Waals surface area contributed by atoms with Gasteiger partial charge in [-0.2, -0.15) is 10.1 Å². The molecule has 0 aliphatic rings. The lowest BCUT2D eigenvalue weighted by Gasteiger charge is -1.98. The molecule has 0 amide bonds. The van der Waals surface area contributed by atoms with E-state index >= 15 is 0 Å². The molecule has 2 heterocycles. The Morgan fingerprint density at radius 1 is 1.26 bits per heavy atom. The molecule has 1 N–H and O–H groups in total. The number of hydrogen-bond donors (Lipinski definition) is 1. The van der Waals surface area contributed by atoms with Gasteiger partial charge in [0.2, 0.25) is 0 Å². The van der Waals surface area contributed by atoms with Gasteiger partial charge in [0.25, 0.3) is 0 Å². The summed E-state index contributed by atoms with van der Waals surface area (Å²) in [6.45, 7) is 1.85. The summed E-state index contributed by atoms with van der Waals surface area (Å²) in [5.74, 6) is 0. The zero-order chi connectivity index (χ0) is 13.1. The van der Waals surface area contributed by atoms with Crippen LogP contribution in [0.3, 0.4) is 0 Å². The molecule has 6 nitrogen and oxygen atoms in total. The molecule has 3 rings (SSSR count). The second-order valence-electron chi connectivity index (χ2n) is 3.89. The van der Waals surface area contributed by atoms with Crippen molar-refractivity contribution in [3.63, 3.8) is 0 Å². The molecule has 19 heavy (non-hydrogen) atoms. The van der Waals surface area contributed by atoms with Crippen LogP contribution in [0.25, 0.3) is 11.1 Å². The number of nitrogens with one attached hydrogen (secondary N) is 1. The van der Waals surface area contributed by atoms with E-state index in [-0.39, 0.29) is 0 Å². The highest BCUT2D eigenvalue weighted by molar-refractivity contribution is 5.97. The Kier molecular flexibility index (Phi) is 2.89. The zero-order valence-electron chi connectivity index (χ0n) is 10.2. The van der Waals surface area contributed by atoms with E-state index in [0.29, 0.717) is 6.01 Å². The van der Waals surface area contributed by atoms with E-state index in [2.05, 4.69) is 25.5 Å². The fourth-order valence-corrected chi connectivity index (χ4v) is 1.61. The molecular formula is C13H11N5O. The smallest absolute Gasteiger partial charge is 0.316 e. The van der Waals surface area contributed by atoms with Crippen molar-refractivity contribution in [1.29, 1.82) is 0 Å². The van der Waals surface area contributed by atoms with Gasteiger partial charge >= 0.3 is 6.01 Å². The molecule has 6 heteroatoms. The monoisotopic (exact) mass is 253 g/mol. The van der Waals surface area contributed by atoms with Gasteiger partial charge in [0.1, 0.15) is 11.8 Å². The Morgan fingerprint density at radius 2 is 2.16 bits per heavy atom. The van der Waals surface area contributed by atoms with Gasteiger partial charge in [0.15, 0.2) is 5.58 Å². The molecule has 0 aliphatic carbocycles. The number of oxazole rings is 1. The van der Waals surface area contributed by atoms with Crippen molar-refractivity contribution < 1.29 is 4.42 Å². The van der Waals surface area contributed by atoms with Gasteiger partial charge < -0.3 is 4.42 Å². The van der Waals surface area contributed by atoms with Crippen LogP contribution in [0.5, 0.6) is 0 Å². The molecule has 3 aromatic rings. The lowest BCUT2D eigenvalue weighted by atomic mass is 10.3. The third-order valence-electron chi connectivity index (χ3n) is 2.57. The minimum absolute atomic E-state index is 0.356. The Morgan fingerprint density at radius 3 is 2.95 bits per heavy atom. The van der Waals surface area contributed by atoms with Crippen molar-refractivity contribution in [3.8, 4) is 0 Å². The first-order valence-corrected chi connectivity index (χ1v) is 5.75. The molecular weight excluding hydrogens is 242 g/mol. The molecule has 0 unspecified atom stereocenters. The number of benzene rings is 1. The van der Waals surface area contributed by atoms with Crippen LogP contribution < -0.4 is 5.43 Å². The Balaban J connectivity index is 1.82. The molecule has 0 spiro atoms. The molecule has 0 atom stereocenters. The number of rotatable bonds is 3. The van der Waals surface area contributed by atoms with E-state index in [1.54, 1.807) is 12.3 Å². The van der Waals surface area contributed by atoms with Gasteiger partial charge in [0, 0.05) is 6.20 Å². The molecule has 94 valence electrons. The lowest BCUT2D eigenvalue weighted by molar-refractivity contribution is 0.617. The molecule has 0 saturated carbocycles. The zero-order valence-corrected chi connectivity index (χ0v) is 10.2. The van der Waals surface area contributed by atoms with Gasteiger partial charge in [0.05, 0.1) is 11.4 Å². The number of hydrazone groups is 1. The summed E-state index contributed by atoms with van der Waals surface area (Å²) in [6, 6.07) is 9.68. The maximum atomic E-state index is 5.49. The molecule has 2 aromatic heterocycles. The molecule has 0 saturated heterocycles. The molecule has 0 fully saturated rings. The van der Waals surface area contributed by atoms with E-state index in [1.165, 1.54) is 6.33 Å². The summed E-state index contributed by atoms with van der Waals surface area (Å²) in [7, 11) is 0.